The number of rotatable bonds is 2. The molecular weight excluding hydrogens is 453 g/mol. The van der Waals surface area contributed by atoms with Crippen LogP contribution in [0.3, 0.4) is 0 Å². The van der Waals surface area contributed by atoms with Crippen LogP contribution in [0.2, 0.25) is 0 Å². The van der Waals surface area contributed by atoms with Crippen LogP contribution in [0.1, 0.15) is 11.1 Å². The number of nitrogens with zero attached hydrogens (tertiary/aromatic N) is 2. The highest BCUT2D eigenvalue weighted by Crippen LogP contribution is 2.39. The number of hydrogen-bond acceptors (Lipinski definition) is 3. The number of anilines is 1. The second-order valence-electron chi connectivity index (χ2n) is 7.42. The zero-order valence-electron chi connectivity index (χ0n) is 16.7. The number of benzene rings is 3. The number of halogens is 3. The van der Waals surface area contributed by atoms with E-state index in [0.29, 0.717) is 4.91 Å². The molecule has 2 heterocycles. The standard InChI is InChI=1S/C24H15F3N2OS2/c1-28-19-8-3-2-7-17(19)18-11-14(9-10-20(18)28)12-21-22(30)29(23(31)32-21)16-6-4-5-15(13-16)24(25,26)27/h2-13H,1H3/b21-12-. The Labute approximate surface area is 191 Å². The van der Waals surface area contributed by atoms with Crippen molar-refractivity contribution in [2.45, 2.75) is 6.18 Å². The van der Waals surface area contributed by atoms with Crippen molar-refractivity contribution in [3.05, 3.63) is 82.8 Å². The molecule has 1 aliphatic rings. The van der Waals surface area contributed by atoms with E-state index in [1.54, 1.807) is 6.08 Å². The number of aromatic nitrogens is 1. The first-order valence-electron chi connectivity index (χ1n) is 9.66. The average molecular weight is 469 g/mol. The molecule has 1 saturated heterocycles. The van der Waals surface area contributed by atoms with Crippen molar-refractivity contribution < 1.29 is 18.0 Å². The zero-order valence-corrected chi connectivity index (χ0v) is 18.3. The Morgan fingerprint density at radius 2 is 1.69 bits per heavy atom. The number of hydrogen-bond donors (Lipinski definition) is 0. The third-order valence-electron chi connectivity index (χ3n) is 5.46. The molecule has 5 rings (SSSR count). The third-order valence-corrected chi connectivity index (χ3v) is 6.76. The molecule has 0 aliphatic carbocycles. The smallest absolute Gasteiger partial charge is 0.344 e. The highest BCUT2D eigenvalue weighted by atomic mass is 32.2. The van der Waals surface area contributed by atoms with Gasteiger partial charge in [0.1, 0.15) is 0 Å². The Morgan fingerprint density at radius 1 is 0.938 bits per heavy atom. The molecule has 1 aromatic heterocycles. The Morgan fingerprint density at radius 3 is 2.47 bits per heavy atom. The number of thioether (sulfide) groups is 1. The van der Waals surface area contributed by atoms with E-state index in [0.717, 1.165) is 56.2 Å². The van der Waals surface area contributed by atoms with Gasteiger partial charge in [-0.1, -0.05) is 54.3 Å². The van der Waals surface area contributed by atoms with Gasteiger partial charge in [0.05, 0.1) is 16.2 Å². The van der Waals surface area contributed by atoms with E-state index in [9.17, 15) is 18.0 Å². The lowest BCUT2D eigenvalue weighted by molar-refractivity contribution is -0.137. The number of carbonyl (C=O) groups is 1. The fourth-order valence-corrected chi connectivity index (χ4v) is 5.24. The van der Waals surface area contributed by atoms with Crippen LogP contribution in [0.5, 0.6) is 0 Å². The molecule has 32 heavy (non-hydrogen) atoms. The van der Waals surface area contributed by atoms with Crippen LogP contribution in [-0.4, -0.2) is 14.8 Å². The van der Waals surface area contributed by atoms with E-state index in [1.807, 2.05) is 37.4 Å². The largest absolute Gasteiger partial charge is 0.416 e. The van der Waals surface area contributed by atoms with E-state index >= 15 is 0 Å². The van der Waals surface area contributed by atoms with Gasteiger partial charge in [0.15, 0.2) is 4.32 Å². The topological polar surface area (TPSA) is 25.2 Å². The summed E-state index contributed by atoms with van der Waals surface area (Å²) in [7, 11) is 2.00. The summed E-state index contributed by atoms with van der Waals surface area (Å²) >= 11 is 6.40. The van der Waals surface area contributed by atoms with Crippen LogP contribution >= 0.6 is 24.0 Å². The van der Waals surface area contributed by atoms with Gasteiger partial charge in [-0.2, -0.15) is 13.2 Å². The molecule has 8 heteroatoms. The average Bonchev–Trinajstić information content (AvgIpc) is 3.21. The van der Waals surface area contributed by atoms with Crippen molar-refractivity contribution in [1.29, 1.82) is 0 Å². The minimum absolute atomic E-state index is 0.107. The zero-order chi connectivity index (χ0) is 22.6. The summed E-state index contributed by atoms with van der Waals surface area (Å²) in [4.78, 5) is 14.5. The van der Waals surface area contributed by atoms with Crippen molar-refractivity contribution >= 4 is 67.8 Å². The molecule has 0 atom stereocenters. The van der Waals surface area contributed by atoms with E-state index in [4.69, 9.17) is 12.2 Å². The van der Waals surface area contributed by atoms with Crippen molar-refractivity contribution in [1.82, 2.24) is 4.57 Å². The lowest BCUT2D eigenvalue weighted by Gasteiger charge is -2.16. The number of alkyl halides is 3. The monoisotopic (exact) mass is 468 g/mol. The molecule has 0 spiro atoms. The first-order chi connectivity index (χ1) is 15.2. The van der Waals surface area contributed by atoms with Crippen LogP contribution < -0.4 is 4.90 Å². The Balaban J connectivity index is 1.53. The molecule has 0 radical (unpaired) electrons. The third kappa shape index (κ3) is 3.40. The van der Waals surface area contributed by atoms with Gasteiger partial charge in [0.2, 0.25) is 0 Å². The Hall–Kier alpha value is -3.10. The lowest BCUT2D eigenvalue weighted by Crippen LogP contribution is -2.27. The van der Waals surface area contributed by atoms with Crippen LogP contribution in [0, 0.1) is 0 Å². The predicted molar refractivity (Wildman–Crippen MR) is 128 cm³/mol. The minimum Gasteiger partial charge on any atom is -0.344 e. The van der Waals surface area contributed by atoms with Crippen LogP contribution in [0.25, 0.3) is 27.9 Å². The number of amides is 1. The molecule has 0 bridgehead atoms. The molecule has 1 fully saturated rings. The van der Waals surface area contributed by atoms with Gasteiger partial charge in [0, 0.05) is 28.9 Å². The fraction of sp³-hybridized carbons (Fsp3) is 0.0833. The summed E-state index contributed by atoms with van der Waals surface area (Å²) in [6.45, 7) is 0. The summed E-state index contributed by atoms with van der Waals surface area (Å²) in [5.74, 6) is -0.433. The molecular formula is C24H15F3N2OS2. The Kier molecular flexibility index (Phi) is 4.87. The van der Waals surface area contributed by atoms with Crippen molar-refractivity contribution in [2.24, 2.45) is 7.05 Å². The van der Waals surface area contributed by atoms with Crippen molar-refractivity contribution in [3.8, 4) is 0 Å². The highest BCUT2D eigenvalue weighted by molar-refractivity contribution is 8.27. The van der Waals surface area contributed by atoms with Gasteiger partial charge in [-0.05, 0) is 48.0 Å². The maximum Gasteiger partial charge on any atom is 0.416 e. The number of thiocarbonyl (C=S) groups is 1. The van der Waals surface area contributed by atoms with Gasteiger partial charge in [-0.15, -0.1) is 0 Å². The number of para-hydroxylation sites is 1. The molecule has 3 aromatic carbocycles. The van der Waals surface area contributed by atoms with Crippen LogP contribution in [0.4, 0.5) is 18.9 Å². The first kappa shape index (κ1) is 20.8. The van der Waals surface area contributed by atoms with E-state index in [2.05, 4.69) is 16.7 Å². The summed E-state index contributed by atoms with van der Waals surface area (Å²) in [5.41, 5.74) is 2.28. The maximum absolute atomic E-state index is 13.1. The van der Waals surface area contributed by atoms with E-state index < -0.39 is 17.6 Å². The second-order valence-corrected chi connectivity index (χ2v) is 9.09. The summed E-state index contributed by atoms with van der Waals surface area (Å²) in [5, 5.41) is 2.17. The number of aryl methyl sites for hydroxylation is 1. The van der Waals surface area contributed by atoms with Crippen LogP contribution in [0.15, 0.2) is 71.6 Å². The SMILES string of the molecule is Cn1c2ccccc2c2cc(/C=C3\SC(=S)N(c4cccc(C(F)(F)F)c4)C3=O)ccc21. The Bertz CT molecular complexity index is 1450. The van der Waals surface area contributed by atoms with Gasteiger partial charge >= 0.3 is 6.18 Å². The summed E-state index contributed by atoms with van der Waals surface area (Å²) in [6, 6.07) is 18.6. The number of carbonyl (C=O) groups excluding carboxylic acids is 1. The lowest BCUT2D eigenvalue weighted by atomic mass is 10.1. The number of fused-ring (bicyclic) bond motifs is 3. The van der Waals surface area contributed by atoms with Crippen LogP contribution in [-0.2, 0) is 18.0 Å². The van der Waals surface area contributed by atoms with Gasteiger partial charge < -0.3 is 4.57 Å². The minimum atomic E-state index is -4.50. The fourth-order valence-electron chi connectivity index (χ4n) is 3.94. The van der Waals surface area contributed by atoms with Gasteiger partial charge in [-0.25, -0.2) is 0 Å². The molecule has 0 N–H and O–H groups in total. The van der Waals surface area contributed by atoms with Crippen molar-refractivity contribution in [2.75, 3.05) is 4.90 Å². The second kappa shape index (κ2) is 7.50. The summed E-state index contributed by atoms with van der Waals surface area (Å²) in [6.07, 6.45) is -2.77. The van der Waals surface area contributed by atoms with Gasteiger partial charge in [-0.3, -0.25) is 9.69 Å². The molecule has 3 nitrogen and oxygen atoms in total. The molecule has 160 valence electrons. The molecule has 1 aliphatic heterocycles. The normalized spacial score (nSPS) is 16.1. The van der Waals surface area contributed by atoms with Gasteiger partial charge in [0.25, 0.3) is 5.91 Å². The van der Waals surface area contributed by atoms with E-state index in [1.165, 1.54) is 12.1 Å². The quantitative estimate of drug-likeness (QED) is 0.240. The maximum atomic E-state index is 13.1. The molecule has 1 amide bonds. The summed E-state index contributed by atoms with van der Waals surface area (Å²) < 4.78 is 41.6. The first-order valence-corrected chi connectivity index (χ1v) is 10.9. The molecule has 4 aromatic rings. The predicted octanol–water partition coefficient (Wildman–Crippen LogP) is 6.76. The molecule has 0 saturated carbocycles. The van der Waals surface area contributed by atoms with E-state index in [-0.39, 0.29) is 10.0 Å². The van der Waals surface area contributed by atoms with Crippen molar-refractivity contribution in [3.63, 3.8) is 0 Å². The molecule has 0 unspecified atom stereocenters. The highest BCUT2D eigenvalue weighted by Gasteiger charge is 2.36.